The number of piperidine rings is 1. The molecule has 0 aromatic carbocycles. The van der Waals surface area contributed by atoms with Crippen molar-refractivity contribution in [2.75, 3.05) is 27.2 Å². The van der Waals surface area contributed by atoms with E-state index in [2.05, 4.69) is 15.2 Å². The van der Waals surface area contributed by atoms with Crippen LogP contribution in [0.5, 0.6) is 5.88 Å². The lowest BCUT2D eigenvalue weighted by atomic mass is 9.91. The molecule has 120 valence electrons. The molecule has 1 amide bonds. The van der Waals surface area contributed by atoms with Gasteiger partial charge in [0, 0.05) is 31.9 Å². The van der Waals surface area contributed by atoms with Crippen molar-refractivity contribution in [3.63, 3.8) is 0 Å². The first-order chi connectivity index (χ1) is 10.7. The Balaban J connectivity index is 1.61. The van der Waals surface area contributed by atoms with Crippen LogP contribution in [0.15, 0.2) is 18.3 Å². The summed E-state index contributed by atoms with van der Waals surface area (Å²) in [5, 5.41) is 2.68. The molecule has 2 aliphatic heterocycles. The maximum Gasteiger partial charge on any atom is 0.248 e. The molecule has 3 rings (SSSR count). The van der Waals surface area contributed by atoms with Gasteiger partial charge in [0.15, 0.2) is 0 Å². The number of methoxy groups -OCH3 is 1. The summed E-state index contributed by atoms with van der Waals surface area (Å²) in [5.41, 5.74) is 1.09. The number of amides is 1. The number of ether oxygens (including phenoxy) is 2. The number of likely N-dealkylation sites (N-methyl/N-ethyl adjacent to an activating group) is 1. The second-order valence-corrected chi connectivity index (χ2v) is 5.97. The topological polar surface area (TPSA) is 63.7 Å². The van der Waals surface area contributed by atoms with E-state index in [1.807, 2.05) is 12.1 Å². The summed E-state index contributed by atoms with van der Waals surface area (Å²) in [5.74, 6) is 1.17. The summed E-state index contributed by atoms with van der Waals surface area (Å²) in [6.45, 7) is 2.67. The average Bonchev–Trinajstić information content (AvgIpc) is 2.98. The van der Waals surface area contributed by atoms with Crippen molar-refractivity contribution in [2.45, 2.75) is 31.6 Å². The second kappa shape index (κ2) is 6.62. The Morgan fingerprint density at radius 3 is 3.23 bits per heavy atom. The highest BCUT2D eigenvalue weighted by Gasteiger charge is 2.41. The molecule has 0 aliphatic carbocycles. The summed E-state index contributed by atoms with van der Waals surface area (Å²) in [7, 11) is 3.31. The van der Waals surface area contributed by atoms with Crippen LogP contribution in [0, 0.1) is 5.92 Å². The molecule has 0 bridgehead atoms. The van der Waals surface area contributed by atoms with Crippen molar-refractivity contribution in [2.24, 2.45) is 5.92 Å². The van der Waals surface area contributed by atoms with Crippen molar-refractivity contribution in [1.29, 1.82) is 0 Å². The van der Waals surface area contributed by atoms with Gasteiger partial charge in [-0.3, -0.25) is 9.69 Å². The number of likely N-dealkylation sites (tertiary alicyclic amines) is 1. The van der Waals surface area contributed by atoms with Gasteiger partial charge in [0.2, 0.25) is 11.8 Å². The summed E-state index contributed by atoms with van der Waals surface area (Å²) >= 11 is 0. The number of hydrogen-bond donors (Lipinski definition) is 1. The molecule has 0 spiro atoms. The van der Waals surface area contributed by atoms with E-state index in [1.165, 1.54) is 0 Å². The first-order valence-electron chi connectivity index (χ1n) is 7.78. The number of nitrogens with zero attached hydrogens (tertiary/aromatic N) is 2. The van der Waals surface area contributed by atoms with Gasteiger partial charge in [-0.1, -0.05) is 6.07 Å². The molecule has 2 fully saturated rings. The van der Waals surface area contributed by atoms with Crippen LogP contribution in [0.3, 0.4) is 0 Å². The fraction of sp³-hybridized carbons (Fsp3) is 0.625. The number of fused-ring (bicyclic) bond motifs is 1. The van der Waals surface area contributed by atoms with Crippen LogP contribution >= 0.6 is 0 Å². The number of nitrogens with one attached hydrogen (secondary N) is 1. The highest BCUT2D eigenvalue weighted by molar-refractivity contribution is 5.80. The molecule has 6 nitrogen and oxygen atoms in total. The molecule has 3 atom stereocenters. The molecule has 3 heterocycles. The summed E-state index contributed by atoms with van der Waals surface area (Å²) in [6, 6.07) is 3.97. The SMILES string of the molecule is CNC(=O)[C@H]1C[C@@H]2CCN(Cc3cccnc3OC)C[C@@H]2O1. The predicted molar refractivity (Wildman–Crippen MR) is 81.5 cm³/mol. The van der Waals surface area contributed by atoms with Gasteiger partial charge in [0.1, 0.15) is 6.10 Å². The van der Waals surface area contributed by atoms with Crippen molar-refractivity contribution < 1.29 is 14.3 Å². The zero-order valence-corrected chi connectivity index (χ0v) is 13.1. The molecule has 1 N–H and O–H groups in total. The number of aromatic nitrogens is 1. The molecule has 0 radical (unpaired) electrons. The molecule has 22 heavy (non-hydrogen) atoms. The smallest absolute Gasteiger partial charge is 0.248 e. The van der Waals surface area contributed by atoms with Gasteiger partial charge in [0.25, 0.3) is 0 Å². The van der Waals surface area contributed by atoms with Gasteiger partial charge in [0.05, 0.1) is 13.2 Å². The van der Waals surface area contributed by atoms with Crippen LogP contribution < -0.4 is 10.1 Å². The van der Waals surface area contributed by atoms with E-state index < -0.39 is 0 Å². The van der Waals surface area contributed by atoms with E-state index in [1.54, 1.807) is 20.4 Å². The third-order valence-electron chi connectivity index (χ3n) is 4.61. The molecule has 1 aromatic rings. The number of carbonyl (C=O) groups excluding carboxylic acids is 1. The van der Waals surface area contributed by atoms with E-state index in [-0.39, 0.29) is 18.1 Å². The van der Waals surface area contributed by atoms with Gasteiger partial charge < -0.3 is 14.8 Å². The van der Waals surface area contributed by atoms with Gasteiger partial charge in [-0.25, -0.2) is 4.98 Å². The minimum Gasteiger partial charge on any atom is -0.481 e. The molecule has 2 aliphatic rings. The van der Waals surface area contributed by atoms with Crippen molar-refractivity contribution >= 4 is 5.91 Å². The van der Waals surface area contributed by atoms with E-state index in [9.17, 15) is 4.79 Å². The minimum absolute atomic E-state index is 0.00474. The van der Waals surface area contributed by atoms with E-state index in [4.69, 9.17) is 9.47 Å². The molecular weight excluding hydrogens is 282 g/mol. The summed E-state index contributed by atoms with van der Waals surface area (Å²) in [4.78, 5) is 18.3. The first-order valence-corrected chi connectivity index (χ1v) is 7.78. The lowest BCUT2D eigenvalue weighted by Gasteiger charge is -2.34. The maximum atomic E-state index is 11.7. The molecule has 0 unspecified atom stereocenters. The Morgan fingerprint density at radius 1 is 1.59 bits per heavy atom. The predicted octanol–water partition coefficient (Wildman–Crippen LogP) is 0.816. The lowest BCUT2D eigenvalue weighted by molar-refractivity contribution is -0.132. The van der Waals surface area contributed by atoms with Crippen LogP contribution in [0.4, 0.5) is 0 Å². The van der Waals surface area contributed by atoms with Crippen LogP contribution in [0.25, 0.3) is 0 Å². The summed E-state index contributed by atoms with van der Waals surface area (Å²) in [6.07, 6.45) is 3.52. The molecular formula is C16H23N3O3. The third-order valence-corrected chi connectivity index (χ3v) is 4.61. The van der Waals surface area contributed by atoms with Gasteiger partial charge in [-0.15, -0.1) is 0 Å². The quantitative estimate of drug-likeness (QED) is 0.892. The third kappa shape index (κ3) is 3.08. The standard InChI is InChI=1S/C16H23N3O3/c1-17-15(20)13-8-11-5-7-19(10-14(11)22-13)9-12-4-3-6-18-16(12)21-2/h3-4,6,11,13-14H,5,7-10H2,1-2H3,(H,17,20)/t11-,13+,14-/m0/s1. The number of pyridine rings is 1. The normalized spacial score (nSPS) is 28.2. The fourth-order valence-corrected chi connectivity index (χ4v) is 3.44. The second-order valence-electron chi connectivity index (χ2n) is 5.97. The Kier molecular flexibility index (Phi) is 4.59. The van der Waals surface area contributed by atoms with E-state index in [0.717, 1.165) is 38.0 Å². The average molecular weight is 305 g/mol. The molecule has 2 saturated heterocycles. The van der Waals surface area contributed by atoms with E-state index in [0.29, 0.717) is 11.8 Å². The Bertz CT molecular complexity index is 537. The van der Waals surface area contributed by atoms with Crippen molar-refractivity contribution in [1.82, 2.24) is 15.2 Å². The number of carbonyl (C=O) groups is 1. The fourth-order valence-electron chi connectivity index (χ4n) is 3.44. The van der Waals surface area contributed by atoms with Crippen molar-refractivity contribution in [3.05, 3.63) is 23.9 Å². The molecule has 1 aromatic heterocycles. The highest BCUT2D eigenvalue weighted by Crippen LogP contribution is 2.34. The highest BCUT2D eigenvalue weighted by atomic mass is 16.5. The largest absolute Gasteiger partial charge is 0.481 e. The molecule has 6 heteroatoms. The number of hydrogen-bond acceptors (Lipinski definition) is 5. The van der Waals surface area contributed by atoms with Gasteiger partial charge >= 0.3 is 0 Å². The monoisotopic (exact) mass is 305 g/mol. The maximum absolute atomic E-state index is 11.7. The zero-order chi connectivity index (χ0) is 15.5. The van der Waals surface area contributed by atoms with Crippen LogP contribution in [0.2, 0.25) is 0 Å². The van der Waals surface area contributed by atoms with Crippen LogP contribution in [-0.2, 0) is 16.1 Å². The number of rotatable bonds is 4. The van der Waals surface area contributed by atoms with Crippen LogP contribution in [-0.4, -0.2) is 55.2 Å². The Labute approximate surface area is 130 Å². The Morgan fingerprint density at radius 2 is 2.45 bits per heavy atom. The van der Waals surface area contributed by atoms with Crippen molar-refractivity contribution in [3.8, 4) is 5.88 Å². The van der Waals surface area contributed by atoms with Gasteiger partial charge in [-0.2, -0.15) is 0 Å². The zero-order valence-electron chi connectivity index (χ0n) is 13.1. The summed E-state index contributed by atoms with van der Waals surface area (Å²) < 4.78 is 11.3. The molecule has 0 saturated carbocycles. The minimum atomic E-state index is -0.284. The van der Waals surface area contributed by atoms with E-state index >= 15 is 0 Å². The lowest BCUT2D eigenvalue weighted by Crippen LogP contribution is -2.42. The van der Waals surface area contributed by atoms with Crippen LogP contribution in [0.1, 0.15) is 18.4 Å². The first kappa shape index (κ1) is 15.2. The Hall–Kier alpha value is -1.66. The van der Waals surface area contributed by atoms with Gasteiger partial charge in [-0.05, 0) is 31.4 Å².